The Morgan fingerprint density at radius 2 is 1.52 bits per heavy atom. The summed E-state index contributed by atoms with van der Waals surface area (Å²) < 4.78 is 3.34. The fraction of sp³-hybridized carbons (Fsp3) is 0.250. The average Bonchev–Trinajstić information content (AvgIpc) is 3.06. The number of hydrogen-bond acceptors (Lipinski definition) is 5. The van der Waals surface area contributed by atoms with Gasteiger partial charge in [0.2, 0.25) is 0 Å². The van der Waals surface area contributed by atoms with Gasteiger partial charge in [0.15, 0.2) is 0 Å². The number of hydrogen-bond donors (Lipinski definition) is 0. The highest BCUT2D eigenvalue weighted by molar-refractivity contribution is 8.45. The summed E-state index contributed by atoms with van der Waals surface area (Å²) in [6.45, 7) is 0. The van der Waals surface area contributed by atoms with Crippen LogP contribution in [-0.4, -0.2) is 11.5 Å². The van der Waals surface area contributed by atoms with Gasteiger partial charge < -0.3 is 0 Å². The quantitative estimate of drug-likeness (QED) is 0.537. The smallest absolute Gasteiger partial charge is 0.123 e. The SMILES string of the molecule is c1ccc2cc3c(cc2c1)CSC31SC2=C(SCCS2)S1. The predicted molar refractivity (Wildman–Crippen MR) is 104 cm³/mol. The molecule has 106 valence electrons. The normalized spacial score (nSPS) is 22.9. The van der Waals surface area contributed by atoms with Gasteiger partial charge >= 0.3 is 0 Å². The topological polar surface area (TPSA) is 0 Å². The molecule has 2 aromatic rings. The van der Waals surface area contributed by atoms with Gasteiger partial charge in [0.05, 0.1) is 8.47 Å². The van der Waals surface area contributed by atoms with Crippen LogP contribution in [0.4, 0.5) is 0 Å². The van der Waals surface area contributed by atoms with E-state index in [1.807, 2.05) is 0 Å². The zero-order valence-corrected chi connectivity index (χ0v) is 15.2. The van der Waals surface area contributed by atoms with Crippen molar-refractivity contribution in [3.63, 3.8) is 0 Å². The molecule has 0 radical (unpaired) electrons. The van der Waals surface area contributed by atoms with Crippen molar-refractivity contribution in [2.75, 3.05) is 11.5 Å². The molecule has 0 nitrogen and oxygen atoms in total. The van der Waals surface area contributed by atoms with Crippen LogP contribution in [0.15, 0.2) is 44.9 Å². The van der Waals surface area contributed by atoms with Crippen LogP contribution in [0.5, 0.6) is 0 Å². The first kappa shape index (κ1) is 13.6. The van der Waals surface area contributed by atoms with Crippen LogP contribution in [-0.2, 0) is 9.16 Å². The molecule has 3 heterocycles. The minimum absolute atomic E-state index is 0.189. The van der Waals surface area contributed by atoms with Crippen molar-refractivity contribution in [3.8, 4) is 0 Å². The van der Waals surface area contributed by atoms with Gasteiger partial charge in [-0.15, -0.1) is 35.3 Å². The van der Waals surface area contributed by atoms with Crippen molar-refractivity contribution in [3.05, 3.63) is 56.0 Å². The van der Waals surface area contributed by atoms with Gasteiger partial charge in [-0.25, -0.2) is 0 Å². The molecule has 1 spiro atoms. The molecule has 0 fully saturated rings. The van der Waals surface area contributed by atoms with Crippen LogP contribution in [0.3, 0.4) is 0 Å². The highest BCUT2D eigenvalue weighted by atomic mass is 32.3. The largest absolute Gasteiger partial charge is 0.143 e. The Kier molecular flexibility index (Phi) is 3.30. The maximum absolute atomic E-state index is 2.44. The standard InChI is InChI=1S/C16H12S5/c1-2-4-11-8-13-12(7-10(11)3-1)9-19-16(13)20-14-15(21-16)18-6-5-17-14/h1-4,7-8H,5-6,9H2. The second-order valence-corrected chi connectivity index (χ2v) is 12.3. The summed E-state index contributed by atoms with van der Waals surface area (Å²) in [5.41, 5.74) is 3.09. The monoisotopic (exact) mass is 364 g/mol. The molecule has 3 aliphatic rings. The van der Waals surface area contributed by atoms with E-state index in [2.05, 4.69) is 95.2 Å². The summed E-state index contributed by atoms with van der Waals surface area (Å²) in [7, 11) is 0. The van der Waals surface area contributed by atoms with Gasteiger partial charge in [-0.05, 0) is 34.0 Å². The van der Waals surface area contributed by atoms with E-state index in [0.717, 1.165) is 5.75 Å². The van der Waals surface area contributed by atoms with Crippen molar-refractivity contribution in [2.24, 2.45) is 0 Å². The lowest BCUT2D eigenvalue weighted by Gasteiger charge is -2.22. The number of fused-ring (bicyclic) bond motifs is 3. The average molecular weight is 365 g/mol. The lowest BCUT2D eigenvalue weighted by molar-refractivity contribution is 1.31. The first-order chi connectivity index (χ1) is 10.3. The van der Waals surface area contributed by atoms with Gasteiger partial charge in [-0.3, -0.25) is 0 Å². The third-order valence-electron chi connectivity index (χ3n) is 3.89. The van der Waals surface area contributed by atoms with Crippen LogP contribution in [0, 0.1) is 0 Å². The van der Waals surface area contributed by atoms with Crippen LogP contribution >= 0.6 is 58.8 Å². The van der Waals surface area contributed by atoms with E-state index in [9.17, 15) is 0 Å². The molecule has 5 rings (SSSR count). The molecule has 0 N–H and O–H groups in total. The zero-order valence-electron chi connectivity index (χ0n) is 11.1. The fourth-order valence-corrected chi connectivity index (χ4v) is 11.9. The first-order valence-electron chi connectivity index (χ1n) is 6.88. The van der Waals surface area contributed by atoms with Crippen molar-refractivity contribution in [1.29, 1.82) is 0 Å². The summed E-state index contributed by atoms with van der Waals surface area (Å²) in [6, 6.07) is 13.6. The van der Waals surface area contributed by atoms with Crippen LogP contribution in [0.1, 0.15) is 11.1 Å². The molecule has 0 aromatic heterocycles. The molecular weight excluding hydrogens is 353 g/mol. The minimum Gasteiger partial charge on any atom is -0.123 e. The Balaban J connectivity index is 1.63. The van der Waals surface area contributed by atoms with Gasteiger partial charge in [-0.1, -0.05) is 47.8 Å². The summed E-state index contributed by atoms with van der Waals surface area (Å²) in [5.74, 6) is 3.68. The molecule has 0 amide bonds. The van der Waals surface area contributed by atoms with E-state index in [0.29, 0.717) is 0 Å². The van der Waals surface area contributed by atoms with E-state index in [1.54, 1.807) is 14.0 Å². The third kappa shape index (κ3) is 2.12. The predicted octanol–water partition coefficient (Wildman–Crippen LogP) is 6.28. The van der Waals surface area contributed by atoms with E-state index >= 15 is 0 Å². The maximum Gasteiger partial charge on any atom is 0.143 e. The van der Waals surface area contributed by atoms with E-state index < -0.39 is 0 Å². The molecule has 0 saturated heterocycles. The molecule has 0 bridgehead atoms. The Bertz CT molecular complexity index is 761. The van der Waals surface area contributed by atoms with Crippen molar-refractivity contribution in [1.82, 2.24) is 0 Å². The van der Waals surface area contributed by atoms with Crippen LogP contribution in [0.2, 0.25) is 0 Å². The Morgan fingerprint density at radius 3 is 2.24 bits per heavy atom. The van der Waals surface area contributed by atoms with E-state index in [4.69, 9.17) is 0 Å². The molecule has 0 atom stereocenters. The lowest BCUT2D eigenvalue weighted by atomic mass is 10.0. The van der Waals surface area contributed by atoms with Crippen molar-refractivity contribution < 1.29 is 0 Å². The van der Waals surface area contributed by atoms with E-state index in [1.165, 1.54) is 27.8 Å². The molecule has 3 aliphatic heterocycles. The minimum atomic E-state index is 0.189. The van der Waals surface area contributed by atoms with Crippen molar-refractivity contribution in [2.45, 2.75) is 9.16 Å². The van der Waals surface area contributed by atoms with Gasteiger partial charge in [-0.2, -0.15) is 0 Å². The number of thioether (sulfide) groups is 5. The Labute approximate surface area is 145 Å². The molecule has 2 aromatic carbocycles. The highest BCUT2D eigenvalue weighted by Gasteiger charge is 2.48. The summed E-state index contributed by atoms with van der Waals surface area (Å²) in [5, 5.41) is 2.76. The summed E-state index contributed by atoms with van der Waals surface area (Å²) >= 11 is 10.4. The van der Waals surface area contributed by atoms with Crippen LogP contribution in [0.25, 0.3) is 10.8 Å². The maximum atomic E-state index is 2.44. The number of benzene rings is 2. The second kappa shape index (κ2) is 5.10. The zero-order chi connectivity index (χ0) is 13.9. The third-order valence-corrected chi connectivity index (χ3v) is 12.1. The van der Waals surface area contributed by atoms with E-state index in [-0.39, 0.29) is 3.41 Å². The molecular formula is C16H12S5. The summed E-state index contributed by atoms with van der Waals surface area (Å²) in [6.07, 6.45) is 0. The van der Waals surface area contributed by atoms with Crippen molar-refractivity contribution >= 4 is 69.6 Å². The van der Waals surface area contributed by atoms with Gasteiger partial charge in [0.1, 0.15) is 3.41 Å². The molecule has 0 aliphatic carbocycles. The molecule has 5 heteroatoms. The van der Waals surface area contributed by atoms with Crippen LogP contribution < -0.4 is 0 Å². The Hall–Kier alpha value is 0.190. The molecule has 0 saturated carbocycles. The first-order valence-corrected chi connectivity index (χ1v) is 11.5. The fourth-order valence-electron chi connectivity index (χ4n) is 2.91. The van der Waals surface area contributed by atoms with Gasteiger partial charge in [0.25, 0.3) is 0 Å². The summed E-state index contributed by atoms with van der Waals surface area (Å²) in [4.78, 5) is 0. The highest BCUT2D eigenvalue weighted by Crippen LogP contribution is 2.74. The second-order valence-electron chi connectivity index (χ2n) is 5.18. The van der Waals surface area contributed by atoms with Gasteiger partial charge in [0, 0.05) is 17.3 Å². The number of rotatable bonds is 0. The Morgan fingerprint density at radius 1 is 0.857 bits per heavy atom. The molecule has 0 unspecified atom stereocenters. The lowest BCUT2D eigenvalue weighted by Crippen LogP contribution is -2.05. The molecule has 21 heavy (non-hydrogen) atoms.